The maximum Gasteiger partial charge on any atom is 0.137 e. The van der Waals surface area contributed by atoms with Crippen molar-refractivity contribution in [3.63, 3.8) is 0 Å². The molecule has 1 fully saturated rings. The van der Waals surface area contributed by atoms with Crippen molar-refractivity contribution in [2.24, 2.45) is 0 Å². The summed E-state index contributed by atoms with van der Waals surface area (Å²) in [6, 6.07) is 12.5. The molecule has 2 aromatic rings. The van der Waals surface area contributed by atoms with Crippen LogP contribution in [0.1, 0.15) is 0 Å². The van der Waals surface area contributed by atoms with Gasteiger partial charge in [0.25, 0.3) is 0 Å². The normalized spacial score (nSPS) is 15.9. The predicted octanol–water partition coefficient (Wildman–Crippen LogP) is 0.460. The molecular formula is C18H25BrN2O2+2. The summed E-state index contributed by atoms with van der Waals surface area (Å²) >= 11 is 3.67. The maximum absolute atomic E-state index is 5.93. The van der Waals surface area contributed by atoms with Gasteiger partial charge in [0.15, 0.2) is 0 Å². The number of quaternary nitrogens is 2. The van der Waals surface area contributed by atoms with Gasteiger partial charge in [0.05, 0.1) is 17.7 Å². The molecule has 0 saturated carbocycles. The number of hydrogen-bond donors (Lipinski definition) is 2. The second-order valence-electron chi connectivity index (χ2n) is 5.93. The highest BCUT2D eigenvalue weighted by Crippen LogP contribution is 2.32. The number of fused-ring (bicyclic) bond motifs is 1. The summed E-state index contributed by atoms with van der Waals surface area (Å²) in [5.41, 5.74) is 0. The Morgan fingerprint density at radius 1 is 1.09 bits per heavy atom. The van der Waals surface area contributed by atoms with E-state index in [9.17, 15) is 0 Å². The zero-order valence-electron chi connectivity index (χ0n) is 13.4. The van der Waals surface area contributed by atoms with Crippen molar-refractivity contribution in [1.29, 1.82) is 0 Å². The van der Waals surface area contributed by atoms with Gasteiger partial charge in [0, 0.05) is 0 Å². The van der Waals surface area contributed by atoms with E-state index >= 15 is 0 Å². The Bertz CT molecular complexity index is 629. The van der Waals surface area contributed by atoms with Gasteiger partial charge in [-0.25, -0.2) is 0 Å². The van der Waals surface area contributed by atoms with Crippen molar-refractivity contribution in [2.75, 3.05) is 52.5 Å². The van der Waals surface area contributed by atoms with Crippen molar-refractivity contribution in [3.8, 4) is 5.75 Å². The third-order valence-electron chi connectivity index (χ3n) is 4.31. The molecule has 3 N–H and O–H groups in total. The van der Waals surface area contributed by atoms with Crippen LogP contribution in [0.4, 0.5) is 0 Å². The molecule has 2 aromatic carbocycles. The van der Waals surface area contributed by atoms with Gasteiger partial charge in [-0.1, -0.05) is 30.3 Å². The molecule has 0 unspecified atom stereocenters. The number of halogens is 1. The monoisotopic (exact) mass is 380 g/mol. The molecule has 3 rings (SSSR count). The van der Waals surface area contributed by atoms with Crippen molar-refractivity contribution in [2.45, 2.75) is 0 Å². The highest BCUT2D eigenvalue weighted by molar-refractivity contribution is 9.10. The number of ether oxygens (including phenoxy) is 2. The summed E-state index contributed by atoms with van der Waals surface area (Å²) in [7, 11) is 0. The lowest BCUT2D eigenvalue weighted by atomic mass is 10.1. The lowest BCUT2D eigenvalue weighted by Gasteiger charge is -2.22. The van der Waals surface area contributed by atoms with E-state index in [-0.39, 0.29) is 0 Å². The van der Waals surface area contributed by atoms with Gasteiger partial charge >= 0.3 is 0 Å². The number of rotatable bonds is 7. The molecular weight excluding hydrogens is 356 g/mol. The van der Waals surface area contributed by atoms with Gasteiger partial charge < -0.3 is 19.7 Å². The molecule has 23 heavy (non-hydrogen) atoms. The molecule has 0 aromatic heterocycles. The predicted molar refractivity (Wildman–Crippen MR) is 95.2 cm³/mol. The highest BCUT2D eigenvalue weighted by atomic mass is 79.9. The Morgan fingerprint density at radius 2 is 1.91 bits per heavy atom. The SMILES string of the molecule is Brc1c(OCC[NH2+]CC[NH+]2CCOCC2)ccc2ccccc12. The summed E-state index contributed by atoms with van der Waals surface area (Å²) < 4.78 is 12.4. The smallest absolute Gasteiger partial charge is 0.137 e. The van der Waals surface area contributed by atoms with Crippen LogP contribution < -0.4 is 15.0 Å². The van der Waals surface area contributed by atoms with Crippen LogP contribution in [-0.2, 0) is 4.74 Å². The molecule has 1 aliphatic rings. The van der Waals surface area contributed by atoms with Crippen LogP contribution in [-0.4, -0.2) is 52.5 Å². The van der Waals surface area contributed by atoms with E-state index in [0.29, 0.717) is 0 Å². The van der Waals surface area contributed by atoms with E-state index in [2.05, 4.69) is 51.6 Å². The van der Waals surface area contributed by atoms with Crippen LogP contribution in [0.3, 0.4) is 0 Å². The Balaban J connectivity index is 1.39. The van der Waals surface area contributed by atoms with Crippen molar-refractivity contribution >= 4 is 26.7 Å². The number of benzene rings is 2. The van der Waals surface area contributed by atoms with Crippen LogP contribution in [0.15, 0.2) is 40.9 Å². The van der Waals surface area contributed by atoms with E-state index in [0.717, 1.165) is 56.2 Å². The number of morpholine rings is 1. The first-order chi connectivity index (χ1) is 11.3. The lowest BCUT2D eigenvalue weighted by molar-refractivity contribution is -0.919. The van der Waals surface area contributed by atoms with E-state index in [1.54, 1.807) is 4.90 Å². The molecule has 1 aliphatic heterocycles. The van der Waals surface area contributed by atoms with Gasteiger partial charge in [-0.15, -0.1) is 0 Å². The third-order valence-corrected chi connectivity index (χ3v) is 5.13. The summed E-state index contributed by atoms with van der Waals surface area (Å²) in [5, 5.41) is 4.77. The van der Waals surface area contributed by atoms with Crippen LogP contribution >= 0.6 is 15.9 Å². The van der Waals surface area contributed by atoms with Gasteiger partial charge in [-0.3, -0.25) is 0 Å². The molecule has 4 nitrogen and oxygen atoms in total. The highest BCUT2D eigenvalue weighted by Gasteiger charge is 2.13. The molecule has 5 heteroatoms. The van der Waals surface area contributed by atoms with Gasteiger partial charge in [-0.05, 0) is 32.8 Å². The summed E-state index contributed by atoms with van der Waals surface area (Å²) in [6.07, 6.45) is 0. The summed E-state index contributed by atoms with van der Waals surface area (Å²) in [5.74, 6) is 0.927. The quantitative estimate of drug-likeness (QED) is 0.685. The molecule has 0 atom stereocenters. The van der Waals surface area contributed by atoms with E-state index < -0.39 is 0 Å². The summed E-state index contributed by atoms with van der Waals surface area (Å²) in [6.45, 7) is 8.20. The lowest BCUT2D eigenvalue weighted by Crippen LogP contribution is -3.16. The first-order valence-electron chi connectivity index (χ1n) is 8.37. The second-order valence-corrected chi connectivity index (χ2v) is 6.72. The summed E-state index contributed by atoms with van der Waals surface area (Å²) in [4.78, 5) is 1.66. The molecule has 0 bridgehead atoms. The molecule has 1 saturated heterocycles. The first kappa shape index (κ1) is 16.7. The van der Waals surface area contributed by atoms with Crippen molar-refractivity contribution in [3.05, 3.63) is 40.9 Å². The topological polar surface area (TPSA) is 39.5 Å². The Hall–Kier alpha value is -1.14. The number of nitrogens with two attached hydrogens (primary N) is 1. The van der Waals surface area contributed by atoms with Crippen LogP contribution in [0, 0.1) is 0 Å². The first-order valence-corrected chi connectivity index (χ1v) is 9.17. The number of nitrogens with one attached hydrogen (secondary N) is 1. The van der Waals surface area contributed by atoms with Crippen LogP contribution in [0.25, 0.3) is 10.8 Å². The zero-order chi connectivity index (χ0) is 15.9. The standard InChI is InChI=1S/C18H23BrN2O2/c19-18-16-4-2-1-3-15(16)5-6-17(18)23-12-8-20-7-9-21-10-13-22-14-11-21/h1-6,20H,7-14H2/p+2. The molecule has 124 valence electrons. The molecule has 0 aliphatic carbocycles. The Labute approximate surface area is 145 Å². The van der Waals surface area contributed by atoms with Crippen molar-refractivity contribution < 1.29 is 19.7 Å². The van der Waals surface area contributed by atoms with E-state index in [4.69, 9.17) is 9.47 Å². The fraction of sp³-hybridized carbons (Fsp3) is 0.444. The van der Waals surface area contributed by atoms with Crippen LogP contribution in [0.5, 0.6) is 5.75 Å². The Morgan fingerprint density at radius 3 is 2.78 bits per heavy atom. The maximum atomic E-state index is 5.93. The number of hydrogen-bond acceptors (Lipinski definition) is 2. The average molecular weight is 381 g/mol. The van der Waals surface area contributed by atoms with Gasteiger partial charge in [-0.2, -0.15) is 0 Å². The van der Waals surface area contributed by atoms with Gasteiger partial charge in [0.2, 0.25) is 0 Å². The fourth-order valence-electron chi connectivity index (χ4n) is 2.94. The molecule has 1 heterocycles. The molecule has 0 spiro atoms. The van der Waals surface area contributed by atoms with E-state index in [1.807, 2.05) is 6.07 Å². The second kappa shape index (κ2) is 8.64. The van der Waals surface area contributed by atoms with Gasteiger partial charge in [0.1, 0.15) is 45.1 Å². The third kappa shape index (κ3) is 4.67. The largest absolute Gasteiger partial charge is 0.487 e. The zero-order valence-corrected chi connectivity index (χ0v) is 15.0. The average Bonchev–Trinajstić information content (AvgIpc) is 2.61. The molecule has 0 radical (unpaired) electrons. The minimum atomic E-state index is 0.732. The van der Waals surface area contributed by atoms with Crippen LogP contribution in [0.2, 0.25) is 0 Å². The minimum absolute atomic E-state index is 0.732. The van der Waals surface area contributed by atoms with E-state index in [1.165, 1.54) is 17.3 Å². The van der Waals surface area contributed by atoms with Crippen molar-refractivity contribution in [1.82, 2.24) is 0 Å². The molecule has 0 amide bonds. The minimum Gasteiger partial charge on any atom is -0.487 e. The Kier molecular flexibility index (Phi) is 6.28. The fourth-order valence-corrected chi connectivity index (χ4v) is 3.55.